The van der Waals surface area contributed by atoms with Crippen LogP contribution in [0, 0.1) is 11.7 Å². The zero-order valence-electron chi connectivity index (χ0n) is 17.5. The number of hydrogen-bond donors (Lipinski definition) is 1. The second-order valence-corrected chi connectivity index (χ2v) is 7.79. The van der Waals surface area contributed by atoms with Gasteiger partial charge in [0.2, 0.25) is 5.88 Å². The Hall–Kier alpha value is -3.74. The smallest absolute Gasteiger partial charge is 0.346 e. The van der Waals surface area contributed by atoms with Gasteiger partial charge >= 0.3 is 11.9 Å². The van der Waals surface area contributed by atoms with Crippen LogP contribution in [0.4, 0.5) is 4.39 Å². The van der Waals surface area contributed by atoms with Gasteiger partial charge in [0.25, 0.3) is 0 Å². The van der Waals surface area contributed by atoms with E-state index in [2.05, 4.69) is 4.98 Å². The van der Waals surface area contributed by atoms with Gasteiger partial charge in [0.1, 0.15) is 11.6 Å². The number of nitrogens with zero attached hydrogens (tertiary/aromatic N) is 1. The quantitative estimate of drug-likeness (QED) is 0.392. The molecule has 1 saturated carbocycles. The van der Waals surface area contributed by atoms with Crippen molar-refractivity contribution in [2.75, 3.05) is 7.11 Å². The number of ether oxygens (including phenoxy) is 2. The van der Waals surface area contributed by atoms with Gasteiger partial charge in [-0.15, -0.1) is 0 Å². The van der Waals surface area contributed by atoms with Gasteiger partial charge in [-0.1, -0.05) is 18.2 Å². The first kappa shape index (κ1) is 21.5. The summed E-state index contributed by atoms with van der Waals surface area (Å²) in [5.41, 5.74) is 1.89. The summed E-state index contributed by atoms with van der Waals surface area (Å²) in [4.78, 5) is 27.9. The fourth-order valence-corrected chi connectivity index (χ4v) is 3.77. The van der Waals surface area contributed by atoms with Gasteiger partial charge in [-0.05, 0) is 71.7 Å². The van der Waals surface area contributed by atoms with E-state index in [4.69, 9.17) is 9.47 Å². The van der Waals surface area contributed by atoms with Crippen molar-refractivity contribution in [1.82, 2.24) is 4.98 Å². The minimum Gasteiger partial charge on any atom is -0.481 e. The molecule has 0 aliphatic heterocycles. The van der Waals surface area contributed by atoms with Gasteiger partial charge in [0.05, 0.1) is 19.1 Å². The maximum atomic E-state index is 14.7. The Labute approximate surface area is 184 Å². The predicted octanol–water partition coefficient (Wildman–Crippen LogP) is 5.08. The number of carbonyl (C=O) groups excluding carboxylic acids is 1. The van der Waals surface area contributed by atoms with Crippen molar-refractivity contribution in [1.29, 1.82) is 0 Å². The Kier molecular flexibility index (Phi) is 6.16. The first-order valence-corrected chi connectivity index (χ1v) is 10.3. The van der Waals surface area contributed by atoms with E-state index in [1.165, 1.54) is 19.2 Å². The van der Waals surface area contributed by atoms with E-state index in [-0.39, 0.29) is 23.7 Å². The summed E-state index contributed by atoms with van der Waals surface area (Å²) >= 11 is 0. The number of benzene rings is 2. The molecule has 0 spiro atoms. The Balaban J connectivity index is 1.52. The molecule has 0 radical (unpaired) electrons. The first-order valence-electron chi connectivity index (χ1n) is 10.3. The molecule has 7 heteroatoms. The van der Waals surface area contributed by atoms with Crippen molar-refractivity contribution >= 4 is 11.9 Å². The third-order valence-electron chi connectivity index (χ3n) is 5.55. The van der Waals surface area contributed by atoms with Crippen LogP contribution in [0.2, 0.25) is 0 Å². The summed E-state index contributed by atoms with van der Waals surface area (Å²) in [5.74, 6) is -1.53. The lowest BCUT2D eigenvalue weighted by atomic mass is 9.91. The van der Waals surface area contributed by atoms with E-state index in [1.54, 1.807) is 42.6 Å². The molecule has 0 amide bonds. The first-order chi connectivity index (χ1) is 15.4. The second kappa shape index (κ2) is 9.18. The average molecular weight is 435 g/mol. The minimum absolute atomic E-state index is 0.0257. The maximum Gasteiger partial charge on any atom is 0.346 e. The number of hydrogen-bond acceptors (Lipinski definition) is 5. The molecule has 32 heavy (non-hydrogen) atoms. The summed E-state index contributed by atoms with van der Waals surface area (Å²) in [6.45, 7) is 0. The molecule has 3 aromatic rings. The number of aliphatic carboxylic acids is 1. The molecule has 1 fully saturated rings. The van der Waals surface area contributed by atoms with E-state index in [9.17, 15) is 19.1 Å². The molecule has 6 nitrogen and oxygen atoms in total. The largest absolute Gasteiger partial charge is 0.481 e. The molecule has 1 aliphatic rings. The Morgan fingerprint density at radius 3 is 2.59 bits per heavy atom. The zero-order chi connectivity index (χ0) is 22.7. The maximum absolute atomic E-state index is 14.7. The fourth-order valence-electron chi connectivity index (χ4n) is 3.77. The normalized spacial score (nSPS) is 13.9. The number of carboxylic acids is 1. The third kappa shape index (κ3) is 4.94. The van der Waals surface area contributed by atoms with E-state index in [0.29, 0.717) is 22.9 Å². The molecule has 0 saturated heterocycles. The van der Waals surface area contributed by atoms with Crippen molar-refractivity contribution in [3.63, 3.8) is 0 Å². The highest BCUT2D eigenvalue weighted by Crippen LogP contribution is 2.45. The average Bonchev–Trinajstić information content (AvgIpc) is 3.62. The van der Waals surface area contributed by atoms with Crippen molar-refractivity contribution in [3.05, 3.63) is 77.7 Å². The Morgan fingerprint density at radius 1 is 1.12 bits per heavy atom. The van der Waals surface area contributed by atoms with E-state index < -0.39 is 17.8 Å². The molecule has 0 bridgehead atoms. The van der Waals surface area contributed by atoms with Gasteiger partial charge < -0.3 is 14.6 Å². The Morgan fingerprint density at radius 2 is 1.91 bits per heavy atom. The highest BCUT2D eigenvalue weighted by molar-refractivity contribution is 5.92. The van der Waals surface area contributed by atoms with Gasteiger partial charge in [-0.25, -0.2) is 14.2 Å². The van der Waals surface area contributed by atoms with Gasteiger partial charge in [-0.2, -0.15) is 0 Å². The van der Waals surface area contributed by atoms with Crippen LogP contribution in [-0.2, 0) is 4.79 Å². The molecule has 1 N–H and O–H groups in total. The Bertz CT molecular complexity index is 1160. The van der Waals surface area contributed by atoms with Crippen molar-refractivity contribution < 1.29 is 28.6 Å². The molecular weight excluding hydrogens is 413 g/mol. The molecule has 1 atom stereocenters. The van der Waals surface area contributed by atoms with Crippen LogP contribution in [0.3, 0.4) is 0 Å². The number of rotatable bonds is 8. The van der Waals surface area contributed by atoms with Crippen LogP contribution in [0.25, 0.3) is 11.1 Å². The number of carboxylic acid groups (broad SMARTS) is 1. The van der Waals surface area contributed by atoms with E-state index >= 15 is 0 Å². The lowest BCUT2D eigenvalue weighted by molar-refractivity contribution is -0.137. The molecule has 0 unspecified atom stereocenters. The number of aromatic nitrogens is 1. The van der Waals surface area contributed by atoms with Gasteiger partial charge in [0.15, 0.2) is 0 Å². The van der Waals surface area contributed by atoms with Crippen molar-refractivity contribution in [2.24, 2.45) is 5.92 Å². The number of halogens is 1. The number of carbonyl (C=O) groups is 2. The van der Waals surface area contributed by atoms with E-state index in [0.717, 1.165) is 18.4 Å². The molecule has 1 heterocycles. The topological polar surface area (TPSA) is 85.7 Å². The minimum atomic E-state index is -0.863. The highest BCUT2D eigenvalue weighted by Gasteiger charge is 2.34. The van der Waals surface area contributed by atoms with Gasteiger partial charge in [-0.3, -0.25) is 4.79 Å². The SMILES string of the molecule is COc1cc(-c2ccc(C(=O)Oc3cccc([C@@H](CC(=O)O)C4CC4)c3)c(F)c2)ccn1. The van der Waals surface area contributed by atoms with Crippen LogP contribution in [-0.4, -0.2) is 29.1 Å². The monoisotopic (exact) mass is 435 g/mol. The summed E-state index contributed by atoms with van der Waals surface area (Å²) < 4.78 is 25.2. The molecule has 4 rings (SSSR count). The lowest BCUT2D eigenvalue weighted by Gasteiger charge is -2.15. The lowest BCUT2D eigenvalue weighted by Crippen LogP contribution is -2.12. The van der Waals surface area contributed by atoms with Crippen LogP contribution < -0.4 is 9.47 Å². The van der Waals surface area contributed by atoms with E-state index in [1.807, 2.05) is 6.07 Å². The molecule has 1 aromatic heterocycles. The molecular formula is C25H22FNO5. The number of esters is 1. The summed E-state index contributed by atoms with van der Waals surface area (Å²) in [6, 6.07) is 14.5. The summed E-state index contributed by atoms with van der Waals surface area (Å²) in [5, 5.41) is 9.21. The van der Waals surface area contributed by atoms with Crippen LogP contribution in [0.1, 0.15) is 41.1 Å². The zero-order valence-corrected chi connectivity index (χ0v) is 17.5. The summed E-state index contributed by atoms with van der Waals surface area (Å²) in [6.07, 6.45) is 3.56. The summed E-state index contributed by atoms with van der Waals surface area (Å²) in [7, 11) is 1.50. The fraction of sp³-hybridized carbons (Fsp3) is 0.240. The second-order valence-electron chi connectivity index (χ2n) is 7.79. The van der Waals surface area contributed by atoms with Crippen LogP contribution in [0.15, 0.2) is 60.8 Å². The van der Waals surface area contributed by atoms with Crippen molar-refractivity contribution in [2.45, 2.75) is 25.2 Å². The predicted molar refractivity (Wildman–Crippen MR) is 115 cm³/mol. The van der Waals surface area contributed by atoms with Gasteiger partial charge in [0, 0.05) is 12.3 Å². The number of pyridine rings is 1. The molecule has 2 aromatic carbocycles. The van der Waals surface area contributed by atoms with Crippen molar-refractivity contribution in [3.8, 4) is 22.8 Å². The molecule has 164 valence electrons. The van der Waals surface area contributed by atoms with Crippen LogP contribution in [0.5, 0.6) is 11.6 Å². The standard InChI is InChI=1S/C25H22FNO5/c1-31-23-13-17(9-10-27-23)16-7-8-20(22(26)12-16)25(30)32-19-4-2-3-18(11-19)21(14-24(28)29)15-5-6-15/h2-4,7-13,15,21H,5-6,14H2,1H3,(H,28,29)/t21-/m0/s1. The molecule has 1 aliphatic carbocycles. The van der Waals surface area contributed by atoms with Crippen LogP contribution >= 0.6 is 0 Å². The number of methoxy groups -OCH3 is 1. The highest BCUT2D eigenvalue weighted by atomic mass is 19.1. The third-order valence-corrected chi connectivity index (χ3v) is 5.55.